The van der Waals surface area contributed by atoms with Crippen LogP contribution in [0.2, 0.25) is 0 Å². The first-order valence-corrected chi connectivity index (χ1v) is 12.5. The third-order valence-corrected chi connectivity index (χ3v) is 7.66. The summed E-state index contributed by atoms with van der Waals surface area (Å²) in [5, 5.41) is 11.1. The van der Waals surface area contributed by atoms with Gasteiger partial charge in [-0.2, -0.15) is 4.31 Å². The van der Waals surface area contributed by atoms with E-state index >= 15 is 0 Å². The molecule has 3 aromatic rings. The zero-order valence-electron chi connectivity index (χ0n) is 18.5. The van der Waals surface area contributed by atoms with Gasteiger partial charge in [-0.25, -0.2) is 13.1 Å². The van der Waals surface area contributed by atoms with Crippen molar-refractivity contribution in [2.24, 2.45) is 0 Å². The fourth-order valence-corrected chi connectivity index (χ4v) is 5.50. The number of hydrogen-bond donors (Lipinski definition) is 1. The molecule has 33 heavy (non-hydrogen) atoms. The first-order valence-electron chi connectivity index (χ1n) is 11.1. The Morgan fingerprint density at radius 2 is 1.85 bits per heavy atom. The van der Waals surface area contributed by atoms with E-state index in [-0.39, 0.29) is 23.0 Å². The van der Waals surface area contributed by atoms with E-state index in [1.165, 1.54) is 11.2 Å². The van der Waals surface area contributed by atoms with Gasteiger partial charge in [0.2, 0.25) is 15.9 Å². The standard InChI is InChI=1S/C23H27N5O4S/c1-17(29)18-7-5-8-19(15-18)24-23(30)9-6-14-28-22-11-10-20(16-21(22)25-26-28)33(31,32)27-12-3-2-4-13-27/h5,7-8,10-11,15-16H,2-4,6,9,12-14H2,1H3,(H,24,30). The second-order valence-electron chi connectivity index (χ2n) is 8.22. The quantitative estimate of drug-likeness (QED) is 0.507. The number of sulfonamides is 1. The van der Waals surface area contributed by atoms with E-state index in [2.05, 4.69) is 15.6 Å². The maximum atomic E-state index is 12.9. The second kappa shape index (κ2) is 9.80. The van der Waals surface area contributed by atoms with Crippen molar-refractivity contribution in [3.8, 4) is 0 Å². The second-order valence-corrected chi connectivity index (χ2v) is 10.2. The Balaban J connectivity index is 1.37. The minimum absolute atomic E-state index is 0.0592. The lowest BCUT2D eigenvalue weighted by Gasteiger charge is -2.25. The summed E-state index contributed by atoms with van der Waals surface area (Å²) in [6.07, 6.45) is 3.63. The number of fused-ring (bicyclic) bond motifs is 1. The molecular formula is C23H27N5O4S. The van der Waals surface area contributed by atoms with Crippen molar-refractivity contribution < 1.29 is 18.0 Å². The minimum Gasteiger partial charge on any atom is -0.326 e. The molecule has 4 rings (SSSR count). The molecule has 0 atom stereocenters. The maximum Gasteiger partial charge on any atom is 0.243 e. The van der Waals surface area contributed by atoms with Crippen molar-refractivity contribution in [2.75, 3.05) is 18.4 Å². The highest BCUT2D eigenvalue weighted by molar-refractivity contribution is 7.89. The number of benzene rings is 2. The van der Waals surface area contributed by atoms with Gasteiger partial charge in [-0.3, -0.25) is 9.59 Å². The molecule has 0 bridgehead atoms. The zero-order valence-corrected chi connectivity index (χ0v) is 19.3. The van der Waals surface area contributed by atoms with Gasteiger partial charge in [-0.05, 0) is 56.5 Å². The molecule has 1 aromatic heterocycles. The van der Waals surface area contributed by atoms with Crippen LogP contribution in [0.1, 0.15) is 49.4 Å². The summed E-state index contributed by atoms with van der Waals surface area (Å²) in [5.41, 5.74) is 2.37. The van der Waals surface area contributed by atoms with Crippen molar-refractivity contribution in [1.82, 2.24) is 19.3 Å². The van der Waals surface area contributed by atoms with Crippen LogP contribution in [0.25, 0.3) is 11.0 Å². The molecule has 174 valence electrons. The number of aryl methyl sites for hydroxylation is 1. The van der Waals surface area contributed by atoms with Gasteiger partial charge in [0.05, 0.1) is 10.4 Å². The van der Waals surface area contributed by atoms with Gasteiger partial charge in [0.15, 0.2) is 5.78 Å². The van der Waals surface area contributed by atoms with E-state index in [4.69, 9.17) is 0 Å². The highest BCUT2D eigenvalue weighted by Gasteiger charge is 2.26. The Labute approximate surface area is 192 Å². The molecule has 1 amide bonds. The van der Waals surface area contributed by atoms with Crippen LogP contribution in [0, 0.1) is 0 Å². The summed E-state index contributed by atoms with van der Waals surface area (Å²) < 4.78 is 29.0. The first kappa shape index (κ1) is 23.1. The van der Waals surface area contributed by atoms with E-state index in [1.54, 1.807) is 47.1 Å². The van der Waals surface area contributed by atoms with E-state index < -0.39 is 10.0 Å². The van der Waals surface area contributed by atoms with E-state index in [0.29, 0.717) is 42.8 Å². The van der Waals surface area contributed by atoms with Crippen LogP contribution in [-0.2, 0) is 21.4 Å². The van der Waals surface area contributed by atoms with Crippen molar-refractivity contribution in [3.63, 3.8) is 0 Å². The lowest BCUT2D eigenvalue weighted by molar-refractivity contribution is -0.116. The van der Waals surface area contributed by atoms with E-state index in [9.17, 15) is 18.0 Å². The molecule has 1 aliphatic heterocycles. The summed E-state index contributed by atoms with van der Waals surface area (Å²) in [6.45, 7) is 3.05. The summed E-state index contributed by atoms with van der Waals surface area (Å²) in [5.74, 6) is -0.217. The molecule has 0 saturated carbocycles. The number of anilines is 1. The van der Waals surface area contributed by atoms with Crippen molar-refractivity contribution in [3.05, 3.63) is 48.0 Å². The number of rotatable bonds is 8. The summed E-state index contributed by atoms with van der Waals surface area (Å²) in [7, 11) is -3.53. The lowest BCUT2D eigenvalue weighted by atomic mass is 10.1. The first-order chi connectivity index (χ1) is 15.8. The predicted octanol–water partition coefficient (Wildman–Crippen LogP) is 3.23. The smallest absolute Gasteiger partial charge is 0.243 e. The molecular weight excluding hydrogens is 442 g/mol. The SMILES string of the molecule is CC(=O)c1cccc(NC(=O)CCCn2nnc3cc(S(=O)(=O)N4CCCCC4)ccc32)c1. The molecule has 1 N–H and O–H groups in total. The van der Waals surface area contributed by atoms with Gasteiger partial charge < -0.3 is 5.32 Å². The number of nitrogens with one attached hydrogen (secondary N) is 1. The molecule has 1 aliphatic rings. The van der Waals surface area contributed by atoms with E-state index in [0.717, 1.165) is 24.8 Å². The molecule has 0 spiro atoms. The van der Waals surface area contributed by atoms with Crippen LogP contribution in [0.15, 0.2) is 47.4 Å². The van der Waals surface area contributed by atoms with Crippen LogP contribution in [-0.4, -0.2) is 52.5 Å². The summed E-state index contributed by atoms with van der Waals surface area (Å²) in [4.78, 5) is 24.0. The van der Waals surface area contributed by atoms with Gasteiger partial charge in [0, 0.05) is 37.3 Å². The van der Waals surface area contributed by atoms with E-state index in [1.807, 2.05) is 0 Å². The summed E-state index contributed by atoms with van der Waals surface area (Å²) in [6, 6.07) is 11.7. The third kappa shape index (κ3) is 5.28. The summed E-state index contributed by atoms with van der Waals surface area (Å²) >= 11 is 0. The number of carbonyl (C=O) groups excluding carboxylic acids is 2. The van der Waals surface area contributed by atoms with Gasteiger partial charge >= 0.3 is 0 Å². The Kier molecular flexibility index (Phi) is 6.85. The number of hydrogen-bond acceptors (Lipinski definition) is 6. The lowest BCUT2D eigenvalue weighted by Crippen LogP contribution is -2.35. The van der Waals surface area contributed by atoms with Crippen molar-refractivity contribution in [1.29, 1.82) is 0 Å². The fraction of sp³-hybridized carbons (Fsp3) is 0.391. The Morgan fingerprint density at radius 1 is 1.06 bits per heavy atom. The Hall–Kier alpha value is -3.11. The Morgan fingerprint density at radius 3 is 2.61 bits per heavy atom. The predicted molar refractivity (Wildman–Crippen MR) is 124 cm³/mol. The molecule has 0 unspecified atom stereocenters. The number of amides is 1. The molecule has 0 radical (unpaired) electrons. The minimum atomic E-state index is -3.53. The van der Waals surface area contributed by atoms with Gasteiger partial charge in [-0.15, -0.1) is 5.10 Å². The van der Waals surface area contributed by atoms with Gasteiger partial charge in [0.1, 0.15) is 5.52 Å². The highest BCUT2D eigenvalue weighted by atomic mass is 32.2. The highest BCUT2D eigenvalue weighted by Crippen LogP contribution is 2.23. The number of piperidine rings is 1. The number of carbonyl (C=O) groups is 2. The number of nitrogens with zero attached hydrogens (tertiary/aromatic N) is 4. The number of ketones is 1. The average Bonchev–Trinajstić information content (AvgIpc) is 3.22. The van der Waals surface area contributed by atoms with Crippen LogP contribution in [0.5, 0.6) is 0 Å². The monoisotopic (exact) mass is 469 g/mol. The van der Waals surface area contributed by atoms with Crippen LogP contribution in [0.4, 0.5) is 5.69 Å². The zero-order chi connectivity index (χ0) is 23.4. The molecule has 0 aliphatic carbocycles. The van der Waals surface area contributed by atoms with Crippen molar-refractivity contribution >= 4 is 38.4 Å². The maximum absolute atomic E-state index is 12.9. The topological polar surface area (TPSA) is 114 Å². The normalized spacial score (nSPS) is 14.9. The van der Waals surface area contributed by atoms with Crippen LogP contribution >= 0.6 is 0 Å². The average molecular weight is 470 g/mol. The number of aromatic nitrogens is 3. The Bertz CT molecular complexity index is 1280. The van der Waals surface area contributed by atoms with Gasteiger partial charge in [-0.1, -0.05) is 23.8 Å². The number of Topliss-reactive ketones (excluding diaryl/α,β-unsaturated/α-hetero) is 1. The third-order valence-electron chi connectivity index (χ3n) is 5.76. The van der Waals surface area contributed by atoms with Crippen LogP contribution < -0.4 is 5.32 Å². The van der Waals surface area contributed by atoms with Gasteiger partial charge in [0.25, 0.3) is 0 Å². The molecule has 9 nitrogen and oxygen atoms in total. The fourth-order valence-electron chi connectivity index (χ4n) is 3.96. The molecule has 1 fully saturated rings. The molecule has 2 heterocycles. The molecule has 10 heteroatoms. The molecule has 1 saturated heterocycles. The van der Waals surface area contributed by atoms with Crippen molar-refractivity contribution in [2.45, 2.75) is 50.5 Å². The molecule has 2 aromatic carbocycles. The largest absolute Gasteiger partial charge is 0.326 e. The van der Waals surface area contributed by atoms with Crippen LogP contribution in [0.3, 0.4) is 0 Å².